The molecular weight excluding hydrogens is 437 g/mol. The van der Waals surface area contributed by atoms with Gasteiger partial charge in [-0.15, -0.1) is 38.0 Å². The molecule has 1 atom stereocenters. The molecule has 1 aliphatic heterocycles. The minimum absolute atomic E-state index is 0. The molecule has 3 rings (SSSR count). The average Bonchev–Trinajstić information content (AvgIpc) is 2.63. The molecule has 4 N–H and O–H groups in total. The quantitative estimate of drug-likeness (QED) is 0.369. The number of nitrogens with zero attached hydrogens (tertiary/aromatic N) is 1. The third-order valence-corrected chi connectivity index (χ3v) is 4.44. The van der Waals surface area contributed by atoms with Crippen LogP contribution in [0.4, 0.5) is 23.2 Å². The van der Waals surface area contributed by atoms with Crippen LogP contribution in [-0.2, 0) is 0 Å². The minimum atomic E-state index is -4.77. The summed E-state index contributed by atoms with van der Waals surface area (Å²) in [4.78, 5) is 2.04. The Balaban J connectivity index is 0.00000210. The van der Waals surface area contributed by atoms with Gasteiger partial charge in [-0.05, 0) is 23.8 Å². The first-order chi connectivity index (χ1) is 12.8. The summed E-state index contributed by atoms with van der Waals surface area (Å²) in [6.45, 7) is 2.71. The normalized spacial score (nSPS) is 15.7. The fraction of sp³-hybridized carbons (Fsp3) is 0.333. The Morgan fingerprint density at radius 2 is 1.62 bits per heavy atom. The second-order valence-corrected chi connectivity index (χ2v) is 6.20. The lowest BCUT2D eigenvalue weighted by Gasteiger charge is -2.36. The third kappa shape index (κ3) is 6.02. The van der Waals surface area contributed by atoms with E-state index in [9.17, 15) is 22.7 Å². The third-order valence-electron chi connectivity index (χ3n) is 4.44. The van der Waals surface area contributed by atoms with Gasteiger partial charge < -0.3 is 20.9 Å². The molecule has 2 aromatic rings. The van der Waals surface area contributed by atoms with Gasteiger partial charge in [0.05, 0.1) is 6.04 Å². The summed E-state index contributed by atoms with van der Waals surface area (Å²) in [5.41, 5.74) is 6.29. The van der Waals surface area contributed by atoms with Crippen LogP contribution in [0, 0.1) is 5.82 Å². The van der Waals surface area contributed by atoms with Crippen molar-refractivity contribution in [2.45, 2.75) is 12.4 Å². The number of hydrogen-bond acceptors (Lipinski definition) is 5. The number of nitrogens with one attached hydrogen (secondary N) is 1. The molecule has 0 bridgehead atoms. The van der Waals surface area contributed by atoms with Crippen molar-refractivity contribution in [1.82, 2.24) is 10.2 Å². The van der Waals surface area contributed by atoms with Gasteiger partial charge in [0.25, 0.3) is 0 Å². The van der Waals surface area contributed by atoms with Crippen LogP contribution >= 0.6 is 24.8 Å². The molecule has 11 heteroatoms. The average molecular weight is 458 g/mol. The molecule has 1 saturated heterocycles. The van der Waals surface area contributed by atoms with Crippen LogP contribution in [0.15, 0.2) is 36.4 Å². The number of halogens is 6. The summed E-state index contributed by atoms with van der Waals surface area (Å²) >= 11 is 0. The molecule has 0 spiro atoms. The second kappa shape index (κ2) is 10.2. The van der Waals surface area contributed by atoms with Gasteiger partial charge in [0.15, 0.2) is 0 Å². The van der Waals surface area contributed by atoms with E-state index in [0.717, 1.165) is 0 Å². The summed E-state index contributed by atoms with van der Waals surface area (Å²) in [5.74, 6) is -1.44. The highest BCUT2D eigenvalue weighted by atomic mass is 35.5. The first-order valence-electron chi connectivity index (χ1n) is 8.33. The van der Waals surface area contributed by atoms with Gasteiger partial charge in [0.2, 0.25) is 0 Å². The van der Waals surface area contributed by atoms with Crippen molar-refractivity contribution in [3.05, 3.63) is 53.3 Å². The Bertz CT molecular complexity index is 801. The van der Waals surface area contributed by atoms with Crippen LogP contribution < -0.4 is 15.8 Å². The number of anilines is 1. The monoisotopic (exact) mass is 457 g/mol. The number of phenolic OH excluding ortho intramolecular Hbond substituents is 1. The standard InChI is InChI=1S/C18H19F4N3O2.2ClH/c19-14-6-5-13(17(26)15(14)23)16(25-9-7-24-8-10-25)11-1-3-12(4-2-11)27-18(20,21)22;;/h1-6,16,24,26H,7-10,23H2;2*1H/t16-;;/m0../s1. The smallest absolute Gasteiger partial charge is 0.505 e. The van der Waals surface area contributed by atoms with Crippen LogP contribution in [0.5, 0.6) is 11.5 Å². The Kier molecular flexibility index (Phi) is 8.83. The van der Waals surface area contributed by atoms with E-state index < -0.39 is 18.2 Å². The summed E-state index contributed by atoms with van der Waals surface area (Å²) in [6.07, 6.45) is -4.77. The number of rotatable bonds is 4. The highest BCUT2D eigenvalue weighted by molar-refractivity contribution is 5.85. The Morgan fingerprint density at radius 3 is 2.17 bits per heavy atom. The van der Waals surface area contributed by atoms with E-state index in [1.807, 2.05) is 4.90 Å². The molecule has 0 saturated carbocycles. The van der Waals surface area contributed by atoms with Crippen molar-refractivity contribution in [2.24, 2.45) is 0 Å². The fourth-order valence-corrected chi connectivity index (χ4v) is 3.20. The van der Waals surface area contributed by atoms with E-state index in [-0.39, 0.29) is 42.0 Å². The maximum absolute atomic E-state index is 13.6. The van der Waals surface area contributed by atoms with Crippen LogP contribution in [0.3, 0.4) is 0 Å². The van der Waals surface area contributed by atoms with Crippen LogP contribution in [0.2, 0.25) is 0 Å². The molecule has 2 aromatic carbocycles. The number of nitrogens with two attached hydrogens (primary N) is 1. The van der Waals surface area contributed by atoms with Crippen LogP contribution in [0.25, 0.3) is 0 Å². The highest BCUT2D eigenvalue weighted by Crippen LogP contribution is 2.39. The maximum atomic E-state index is 13.6. The zero-order chi connectivity index (χ0) is 19.6. The predicted molar refractivity (Wildman–Crippen MR) is 106 cm³/mol. The topological polar surface area (TPSA) is 70.8 Å². The van der Waals surface area contributed by atoms with Gasteiger partial charge >= 0.3 is 6.36 Å². The van der Waals surface area contributed by atoms with Crippen molar-refractivity contribution < 1.29 is 27.4 Å². The van der Waals surface area contributed by atoms with Crippen molar-refractivity contribution >= 4 is 30.5 Å². The van der Waals surface area contributed by atoms with E-state index in [2.05, 4.69) is 10.1 Å². The van der Waals surface area contributed by atoms with Gasteiger partial charge in [-0.2, -0.15) is 0 Å². The Labute approximate surface area is 177 Å². The number of piperazine rings is 1. The number of benzene rings is 2. The largest absolute Gasteiger partial charge is 0.573 e. The molecule has 0 aliphatic carbocycles. The van der Waals surface area contributed by atoms with Gasteiger partial charge in [-0.1, -0.05) is 18.2 Å². The minimum Gasteiger partial charge on any atom is -0.505 e. The Hall–Kier alpha value is -1.94. The lowest BCUT2D eigenvalue weighted by atomic mass is 9.95. The number of hydrogen-bond donors (Lipinski definition) is 3. The van der Waals surface area contributed by atoms with E-state index in [0.29, 0.717) is 37.3 Å². The molecule has 5 nitrogen and oxygen atoms in total. The van der Waals surface area contributed by atoms with Gasteiger partial charge in [0, 0.05) is 31.7 Å². The SMILES string of the molecule is Cl.Cl.Nc1c(F)ccc([C@H](c2ccc(OC(F)(F)F)cc2)N2CCNCC2)c1O. The van der Waals surface area contributed by atoms with E-state index in [1.54, 1.807) is 0 Å². The molecule has 1 aliphatic rings. The lowest BCUT2D eigenvalue weighted by molar-refractivity contribution is -0.274. The number of alkyl halides is 3. The summed E-state index contributed by atoms with van der Waals surface area (Å²) in [5, 5.41) is 13.6. The van der Waals surface area contributed by atoms with E-state index in [4.69, 9.17) is 5.73 Å². The van der Waals surface area contributed by atoms with Gasteiger partial charge in [-0.3, -0.25) is 4.90 Å². The maximum Gasteiger partial charge on any atom is 0.573 e. The molecule has 0 amide bonds. The van der Waals surface area contributed by atoms with E-state index in [1.165, 1.54) is 36.4 Å². The zero-order valence-electron chi connectivity index (χ0n) is 15.1. The Morgan fingerprint density at radius 1 is 1.03 bits per heavy atom. The molecule has 0 aromatic heterocycles. The van der Waals surface area contributed by atoms with Crippen LogP contribution in [0.1, 0.15) is 17.2 Å². The summed E-state index contributed by atoms with van der Waals surface area (Å²) < 4.78 is 54.7. The number of phenols is 1. The first kappa shape index (κ1) is 25.1. The zero-order valence-corrected chi connectivity index (χ0v) is 16.7. The molecule has 0 radical (unpaired) electrons. The molecular formula is C18H21Cl2F4N3O2. The van der Waals surface area contributed by atoms with Crippen molar-refractivity contribution in [3.8, 4) is 11.5 Å². The van der Waals surface area contributed by atoms with Crippen LogP contribution in [-0.4, -0.2) is 42.5 Å². The number of aromatic hydroxyl groups is 1. The van der Waals surface area contributed by atoms with Crippen molar-refractivity contribution in [3.63, 3.8) is 0 Å². The summed E-state index contributed by atoms with van der Waals surface area (Å²) in [6, 6.07) is 7.52. The molecule has 1 heterocycles. The predicted octanol–water partition coefficient (Wildman–Crippen LogP) is 3.85. The lowest BCUT2D eigenvalue weighted by Crippen LogP contribution is -2.45. The fourth-order valence-electron chi connectivity index (χ4n) is 3.20. The summed E-state index contributed by atoms with van der Waals surface area (Å²) in [7, 11) is 0. The van der Waals surface area contributed by atoms with Crippen molar-refractivity contribution in [1.29, 1.82) is 0 Å². The van der Waals surface area contributed by atoms with E-state index >= 15 is 0 Å². The van der Waals surface area contributed by atoms with Gasteiger partial charge in [-0.25, -0.2) is 4.39 Å². The molecule has 29 heavy (non-hydrogen) atoms. The second-order valence-electron chi connectivity index (χ2n) is 6.20. The molecule has 0 unspecified atom stereocenters. The first-order valence-corrected chi connectivity index (χ1v) is 8.33. The van der Waals surface area contributed by atoms with Crippen molar-refractivity contribution in [2.75, 3.05) is 31.9 Å². The number of nitrogen functional groups attached to an aromatic ring is 1. The molecule has 1 fully saturated rings. The highest BCUT2D eigenvalue weighted by Gasteiger charge is 2.32. The molecule has 162 valence electrons. The van der Waals surface area contributed by atoms with Gasteiger partial charge in [0.1, 0.15) is 23.0 Å². The number of ether oxygens (including phenoxy) is 1.